The Labute approximate surface area is 113 Å². The van der Waals surface area contributed by atoms with Crippen molar-refractivity contribution >= 4 is 17.7 Å². The van der Waals surface area contributed by atoms with Crippen molar-refractivity contribution in [3.8, 4) is 0 Å². The number of carbonyl (C=O) groups is 1. The van der Waals surface area contributed by atoms with Crippen LogP contribution in [0.15, 0.2) is 0 Å². The standard InChI is InChI=1S/C13H24N2O2S/c1-9(2)10-11(16)15-12(18-10)14-8-13(17)6-4-3-5-7-13/h9-10,12,14,17H,3-8H2,1-2H3,(H,15,16)/t10-,12?/m1/s1. The quantitative estimate of drug-likeness (QED) is 0.725. The topological polar surface area (TPSA) is 61.4 Å². The largest absolute Gasteiger partial charge is 0.389 e. The normalized spacial score (nSPS) is 31.7. The van der Waals surface area contributed by atoms with Crippen LogP contribution >= 0.6 is 11.8 Å². The van der Waals surface area contributed by atoms with E-state index in [0.717, 1.165) is 25.7 Å². The predicted octanol–water partition coefficient (Wildman–Crippen LogP) is 1.44. The fourth-order valence-electron chi connectivity index (χ4n) is 2.68. The number of rotatable bonds is 4. The first-order valence-electron chi connectivity index (χ1n) is 6.92. The van der Waals surface area contributed by atoms with Crippen molar-refractivity contribution in [3.05, 3.63) is 0 Å². The second kappa shape index (κ2) is 5.80. The summed E-state index contributed by atoms with van der Waals surface area (Å²) in [6.45, 7) is 4.71. The Kier molecular flexibility index (Phi) is 4.56. The van der Waals surface area contributed by atoms with Crippen LogP contribution in [0.1, 0.15) is 46.0 Å². The highest BCUT2D eigenvalue weighted by Gasteiger charge is 2.36. The smallest absolute Gasteiger partial charge is 0.235 e. The van der Waals surface area contributed by atoms with Gasteiger partial charge in [0.25, 0.3) is 0 Å². The number of aliphatic hydroxyl groups is 1. The molecule has 4 nitrogen and oxygen atoms in total. The van der Waals surface area contributed by atoms with Gasteiger partial charge in [0.1, 0.15) is 5.50 Å². The maximum absolute atomic E-state index is 11.7. The Morgan fingerprint density at radius 1 is 1.44 bits per heavy atom. The van der Waals surface area contributed by atoms with Crippen LogP contribution in [-0.4, -0.2) is 33.9 Å². The fourth-order valence-corrected chi connectivity index (χ4v) is 3.85. The first-order valence-corrected chi connectivity index (χ1v) is 7.86. The van der Waals surface area contributed by atoms with Crippen LogP contribution in [0.5, 0.6) is 0 Å². The Balaban J connectivity index is 1.79. The summed E-state index contributed by atoms with van der Waals surface area (Å²) in [6.07, 6.45) is 5.19. The van der Waals surface area contributed by atoms with Gasteiger partial charge < -0.3 is 10.4 Å². The zero-order valence-corrected chi connectivity index (χ0v) is 12.1. The van der Waals surface area contributed by atoms with Gasteiger partial charge in [-0.1, -0.05) is 33.1 Å². The lowest BCUT2D eigenvalue weighted by Crippen LogP contribution is -2.48. The molecule has 0 bridgehead atoms. The van der Waals surface area contributed by atoms with E-state index >= 15 is 0 Å². The molecule has 3 N–H and O–H groups in total. The summed E-state index contributed by atoms with van der Waals surface area (Å²) in [5, 5.41) is 16.7. The van der Waals surface area contributed by atoms with E-state index in [1.807, 2.05) is 0 Å². The van der Waals surface area contributed by atoms with Gasteiger partial charge in [-0.15, -0.1) is 11.8 Å². The summed E-state index contributed by atoms with van der Waals surface area (Å²) in [4.78, 5) is 11.7. The molecule has 0 radical (unpaired) electrons. The molecule has 0 spiro atoms. The van der Waals surface area contributed by atoms with Crippen molar-refractivity contribution in [1.29, 1.82) is 0 Å². The lowest BCUT2D eigenvalue weighted by Gasteiger charge is -2.33. The van der Waals surface area contributed by atoms with Crippen molar-refractivity contribution in [1.82, 2.24) is 10.6 Å². The zero-order chi connectivity index (χ0) is 13.2. The van der Waals surface area contributed by atoms with Gasteiger partial charge in [-0.05, 0) is 18.8 Å². The first kappa shape index (κ1) is 14.2. The number of hydrogen-bond donors (Lipinski definition) is 3. The van der Waals surface area contributed by atoms with Gasteiger partial charge >= 0.3 is 0 Å². The lowest BCUT2D eigenvalue weighted by atomic mass is 9.85. The fraction of sp³-hybridized carbons (Fsp3) is 0.923. The monoisotopic (exact) mass is 272 g/mol. The Bertz CT molecular complexity index is 303. The third-order valence-electron chi connectivity index (χ3n) is 3.82. The average Bonchev–Trinajstić information content (AvgIpc) is 2.69. The minimum atomic E-state index is -0.570. The summed E-state index contributed by atoms with van der Waals surface area (Å²) in [7, 11) is 0. The number of thioether (sulfide) groups is 1. The van der Waals surface area contributed by atoms with E-state index in [2.05, 4.69) is 24.5 Å². The molecule has 104 valence electrons. The highest BCUT2D eigenvalue weighted by molar-refractivity contribution is 8.01. The van der Waals surface area contributed by atoms with Crippen LogP contribution < -0.4 is 10.6 Å². The minimum absolute atomic E-state index is 0.0310. The lowest BCUT2D eigenvalue weighted by molar-refractivity contribution is -0.120. The maximum Gasteiger partial charge on any atom is 0.235 e. The molecular formula is C13H24N2O2S. The molecule has 2 aliphatic rings. The highest BCUT2D eigenvalue weighted by Crippen LogP contribution is 2.30. The molecule has 0 aromatic heterocycles. The Hall–Kier alpha value is -0.260. The number of nitrogens with one attached hydrogen (secondary N) is 2. The van der Waals surface area contributed by atoms with Gasteiger partial charge in [-0.25, -0.2) is 0 Å². The zero-order valence-electron chi connectivity index (χ0n) is 11.2. The van der Waals surface area contributed by atoms with Crippen LogP contribution in [0, 0.1) is 5.92 Å². The van der Waals surface area contributed by atoms with Crippen LogP contribution in [-0.2, 0) is 4.79 Å². The SMILES string of the molecule is CC(C)[C@H]1SC(NCC2(O)CCCCC2)NC1=O. The molecule has 1 aliphatic heterocycles. The third kappa shape index (κ3) is 3.39. The van der Waals surface area contributed by atoms with Gasteiger partial charge in [0, 0.05) is 6.54 Å². The molecule has 1 aliphatic carbocycles. The number of amides is 1. The van der Waals surface area contributed by atoms with Crippen molar-refractivity contribution in [2.75, 3.05) is 6.54 Å². The van der Waals surface area contributed by atoms with Gasteiger partial charge in [0.2, 0.25) is 5.91 Å². The first-order chi connectivity index (χ1) is 8.50. The van der Waals surface area contributed by atoms with Crippen LogP contribution in [0.2, 0.25) is 0 Å². The average molecular weight is 272 g/mol. The van der Waals surface area contributed by atoms with E-state index in [0.29, 0.717) is 12.5 Å². The summed E-state index contributed by atoms with van der Waals surface area (Å²) in [5.74, 6) is 0.461. The molecular weight excluding hydrogens is 248 g/mol. The molecule has 1 heterocycles. The summed E-state index contributed by atoms with van der Waals surface area (Å²) in [5.41, 5.74) is -0.615. The molecule has 2 atom stereocenters. The minimum Gasteiger partial charge on any atom is -0.389 e. The third-order valence-corrected chi connectivity index (χ3v) is 5.43. The molecule has 1 unspecified atom stereocenters. The van der Waals surface area contributed by atoms with Crippen molar-refractivity contribution in [3.63, 3.8) is 0 Å². The van der Waals surface area contributed by atoms with Crippen molar-refractivity contribution < 1.29 is 9.90 Å². The van der Waals surface area contributed by atoms with Crippen molar-refractivity contribution in [2.45, 2.75) is 62.3 Å². The molecule has 0 aromatic carbocycles. The van der Waals surface area contributed by atoms with E-state index in [1.165, 1.54) is 6.42 Å². The van der Waals surface area contributed by atoms with Gasteiger partial charge in [-0.3, -0.25) is 10.1 Å². The van der Waals surface area contributed by atoms with E-state index in [1.54, 1.807) is 11.8 Å². The number of hydrogen-bond acceptors (Lipinski definition) is 4. The van der Waals surface area contributed by atoms with E-state index < -0.39 is 5.60 Å². The van der Waals surface area contributed by atoms with Gasteiger partial charge in [0.15, 0.2) is 0 Å². The molecule has 5 heteroatoms. The number of carbonyl (C=O) groups excluding carboxylic acids is 1. The molecule has 1 saturated heterocycles. The molecule has 2 rings (SSSR count). The van der Waals surface area contributed by atoms with Gasteiger partial charge in [-0.2, -0.15) is 0 Å². The van der Waals surface area contributed by atoms with E-state index in [-0.39, 0.29) is 16.7 Å². The van der Waals surface area contributed by atoms with Crippen LogP contribution in [0.25, 0.3) is 0 Å². The molecule has 1 saturated carbocycles. The molecule has 18 heavy (non-hydrogen) atoms. The second-order valence-corrected chi connectivity index (χ2v) is 7.11. The summed E-state index contributed by atoms with van der Waals surface area (Å²) >= 11 is 1.63. The summed E-state index contributed by atoms with van der Waals surface area (Å²) in [6, 6.07) is 0. The molecule has 1 amide bonds. The van der Waals surface area contributed by atoms with Gasteiger partial charge in [0.05, 0.1) is 10.9 Å². The molecule has 0 aromatic rings. The maximum atomic E-state index is 11.7. The Morgan fingerprint density at radius 2 is 2.11 bits per heavy atom. The molecule has 2 fully saturated rings. The van der Waals surface area contributed by atoms with Crippen LogP contribution in [0.3, 0.4) is 0 Å². The second-order valence-electron chi connectivity index (χ2n) is 5.86. The van der Waals surface area contributed by atoms with E-state index in [9.17, 15) is 9.90 Å². The highest BCUT2D eigenvalue weighted by atomic mass is 32.2. The van der Waals surface area contributed by atoms with Crippen molar-refractivity contribution in [2.24, 2.45) is 5.92 Å². The van der Waals surface area contributed by atoms with Crippen LogP contribution in [0.4, 0.5) is 0 Å². The van der Waals surface area contributed by atoms with E-state index in [4.69, 9.17) is 0 Å². The predicted molar refractivity (Wildman–Crippen MR) is 74.2 cm³/mol. The Morgan fingerprint density at radius 3 is 2.67 bits per heavy atom. The summed E-state index contributed by atoms with van der Waals surface area (Å²) < 4.78 is 0.